The van der Waals surface area contributed by atoms with Gasteiger partial charge in [-0.05, 0) is 17.2 Å². The van der Waals surface area contributed by atoms with Crippen LogP contribution in [0, 0.1) is 0 Å². The molecule has 0 aromatic heterocycles. The second-order valence-corrected chi connectivity index (χ2v) is 3.93. The summed E-state index contributed by atoms with van der Waals surface area (Å²) in [5.74, 6) is 0.881. The highest BCUT2D eigenvalue weighted by molar-refractivity contribution is 5.99. The van der Waals surface area contributed by atoms with E-state index in [1.165, 1.54) is 11.1 Å². The molecule has 0 bridgehead atoms. The van der Waals surface area contributed by atoms with Crippen LogP contribution >= 0.6 is 0 Å². The van der Waals surface area contributed by atoms with Crippen LogP contribution in [0.2, 0.25) is 0 Å². The topological polar surface area (TPSA) is 48.5 Å². The van der Waals surface area contributed by atoms with E-state index in [2.05, 4.69) is 39.1 Å². The highest BCUT2D eigenvalue weighted by Gasteiger charge is 2.11. The van der Waals surface area contributed by atoms with Gasteiger partial charge in [0, 0.05) is 45.1 Å². The number of benzene rings is 1. The average Bonchev–Trinajstić information content (AvgIpc) is 2.82. The predicted molar refractivity (Wildman–Crippen MR) is 70.8 cm³/mol. The van der Waals surface area contributed by atoms with E-state index in [1.54, 1.807) is 7.05 Å². The smallest absolute Gasteiger partial charge is 0.132 e. The number of amidine groups is 1. The van der Waals surface area contributed by atoms with Gasteiger partial charge in [-0.25, -0.2) is 0 Å². The van der Waals surface area contributed by atoms with Crippen molar-refractivity contribution in [2.45, 2.75) is 13.1 Å². The SMILES string of the molecule is CN=C(N/C=C/NC)c1ccc2c(c1)CNC2. The number of nitrogens with one attached hydrogen (secondary N) is 3. The zero-order valence-electron chi connectivity index (χ0n) is 10.2. The van der Waals surface area contributed by atoms with Crippen molar-refractivity contribution in [1.82, 2.24) is 16.0 Å². The first-order valence-corrected chi connectivity index (χ1v) is 5.73. The first-order chi connectivity index (χ1) is 8.35. The lowest BCUT2D eigenvalue weighted by Gasteiger charge is -2.07. The molecule has 0 saturated heterocycles. The van der Waals surface area contributed by atoms with Gasteiger partial charge >= 0.3 is 0 Å². The number of rotatable bonds is 3. The quantitative estimate of drug-likeness (QED) is 0.535. The van der Waals surface area contributed by atoms with Crippen LogP contribution in [0.5, 0.6) is 0 Å². The molecule has 0 spiro atoms. The fraction of sp³-hybridized carbons (Fsp3) is 0.308. The molecule has 1 aromatic carbocycles. The minimum Gasteiger partial charge on any atom is -0.393 e. The summed E-state index contributed by atoms with van der Waals surface area (Å²) in [7, 11) is 3.66. The Labute approximate surface area is 102 Å². The van der Waals surface area contributed by atoms with Crippen LogP contribution in [0.4, 0.5) is 0 Å². The summed E-state index contributed by atoms with van der Waals surface area (Å²) in [5.41, 5.74) is 3.87. The highest BCUT2D eigenvalue weighted by Crippen LogP contribution is 2.17. The molecule has 0 aliphatic carbocycles. The van der Waals surface area contributed by atoms with Crippen molar-refractivity contribution >= 4 is 5.84 Å². The number of fused-ring (bicyclic) bond motifs is 1. The Morgan fingerprint density at radius 2 is 2.12 bits per heavy atom. The minimum atomic E-state index is 0.881. The molecule has 0 saturated carbocycles. The fourth-order valence-electron chi connectivity index (χ4n) is 1.92. The number of hydrogen-bond donors (Lipinski definition) is 3. The lowest BCUT2D eigenvalue weighted by atomic mass is 10.1. The van der Waals surface area contributed by atoms with Crippen LogP contribution in [-0.2, 0) is 13.1 Å². The maximum atomic E-state index is 4.26. The summed E-state index contributed by atoms with van der Waals surface area (Å²) in [6.07, 6.45) is 3.67. The molecule has 2 rings (SSSR count). The number of nitrogens with zero attached hydrogens (tertiary/aromatic N) is 1. The third-order valence-electron chi connectivity index (χ3n) is 2.80. The summed E-state index contributed by atoms with van der Waals surface area (Å²) >= 11 is 0. The molecule has 1 aliphatic heterocycles. The average molecular weight is 230 g/mol. The molecule has 90 valence electrons. The molecular weight excluding hydrogens is 212 g/mol. The van der Waals surface area contributed by atoms with Gasteiger partial charge < -0.3 is 16.0 Å². The van der Waals surface area contributed by atoms with E-state index < -0.39 is 0 Å². The predicted octanol–water partition coefficient (Wildman–Crippen LogP) is 0.946. The number of aliphatic imine (C=N–C) groups is 1. The van der Waals surface area contributed by atoms with Crippen LogP contribution in [0.15, 0.2) is 35.6 Å². The Morgan fingerprint density at radius 1 is 1.29 bits per heavy atom. The first kappa shape index (κ1) is 11.7. The Hall–Kier alpha value is -1.81. The molecule has 1 aliphatic rings. The summed E-state index contributed by atoms with van der Waals surface area (Å²) in [6.45, 7) is 1.92. The molecule has 0 atom stereocenters. The Morgan fingerprint density at radius 3 is 2.88 bits per heavy atom. The van der Waals surface area contributed by atoms with Gasteiger partial charge in [0.05, 0.1) is 0 Å². The zero-order chi connectivity index (χ0) is 12.1. The van der Waals surface area contributed by atoms with E-state index in [0.29, 0.717) is 0 Å². The van der Waals surface area contributed by atoms with Crippen LogP contribution in [-0.4, -0.2) is 19.9 Å². The normalized spacial score (nSPS) is 15.1. The summed E-state index contributed by atoms with van der Waals surface area (Å²) in [5, 5.41) is 9.44. The zero-order valence-corrected chi connectivity index (χ0v) is 10.2. The second kappa shape index (κ2) is 5.50. The molecule has 0 amide bonds. The number of hydrogen-bond acceptors (Lipinski definition) is 3. The highest BCUT2D eigenvalue weighted by atomic mass is 15.0. The van der Waals surface area contributed by atoms with Gasteiger partial charge in [-0.3, -0.25) is 4.99 Å². The molecule has 3 N–H and O–H groups in total. The maximum absolute atomic E-state index is 4.26. The molecule has 0 unspecified atom stereocenters. The van der Waals surface area contributed by atoms with Crippen LogP contribution in [0.3, 0.4) is 0 Å². The third kappa shape index (κ3) is 2.65. The molecule has 0 radical (unpaired) electrons. The summed E-state index contributed by atoms with van der Waals surface area (Å²) < 4.78 is 0. The van der Waals surface area contributed by atoms with Crippen molar-refractivity contribution in [1.29, 1.82) is 0 Å². The first-order valence-electron chi connectivity index (χ1n) is 5.73. The van der Waals surface area contributed by atoms with Crippen LogP contribution in [0.1, 0.15) is 16.7 Å². The second-order valence-electron chi connectivity index (χ2n) is 3.93. The summed E-state index contributed by atoms with van der Waals surface area (Å²) in [4.78, 5) is 4.26. The van der Waals surface area contributed by atoms with E-state index in [-0.39, 0.29) is 0 Å². The van der Waals surface area contributed by atoms with E-state index in [0.717, 1.165) is 24.5 Å². The molecule has 0 fully saturated rings. The standard InChI is InChI=1S/C13H18N4/c1-14-5-6-17-13(15-2)10-3-4-11-8-16-9-12(11)7-10/h3-7,14,16H,8-9H2,1-2H3,(H,15,17)/b6-5+. The molecule has 17 heavy (non-hydrogen) atoms. The summed E-state index contributed by atoms with van der Waals surface area (Å²) in [6, 6.07) is 6.46. The van der Waals surface area contributed by atoms with E-state index >= 15 is 0 Å². The Kier molecular flexibility index (Phi) is 3.77. The Balaban J connectivity index is 2.17. The monoisotopic (exact) mass is 230 g/mol. The van der Waals surface area contributed by atoms with Crippen LogP contribution in [0.25, 0.3) is 0 Å². The largest absolute Gasteiger partial charge is 0.393 e. The van der Waals surface area contributed by atoms with Gasteiger partial charge in [0.25, 0.3) is 0 Å². The lowest BCUT2D eigenvalue weighted by molar-refractivity contribution is 0.765. The van der Waals surface area contributed by atoms with Crippen molar-refractivity contribution in [3.8, 4) is 0 Å². The van der Waals surface area contributed by atoms with Crippen molar-refractivity contribution in [3.63, 3.8) is 0 Å². The van der Waals surface area contributed by atoms with Crippen LogP contribution < -0.4 is 16.0 Å². The molecule has 1 heterocycles. The third-order valence-corrected chi connectivity index (χ3v) is 2.80. The lowest BCUT2D eigenvalue weighted by Crippen LogP contribution is -2.19. The van der Waals surface area contributed by atoms with Crippen molar-refractivity contribution < 1.29 is 0 Å². The molecular formula is C13H18N4. The van der Waals surface area contributed by atoms with Crippen molar-refractivity contribution in [3.05, 3.63) is 47.3 Å². The van der Waals surface area contributed by atoms with Gasteiger partial charge in [-0.1, -0.05) is 12.1 Å². The fourth-order valence-corrected chi connectivity index (χ4v) is 1.92. The van der Waals surface area contributed by atoms with Gasteiger partial charge in [-0.15, -0.1) is 0 Å². The Bertz CT molecular complexity index is 449. The molecule has 4 nitrogen and oxygen atoms in total. The minimum absolute atomic E-state index is 0.881. The maximum Gasteiger partial charge on any atom is 0.132 e. The van der Waals surface area contributed by atoms with E-state index in [4.69, 9.17) is 0 Å². The van der Waals surface area contributed by atoms with Crippen molar-refractivity contribution in [2.24, 2.45) is 4.99 Å². The van der Waals surface area contributed by atoms with Crippen molar-refractivity contribution in [2.75, 3.05) is 14.1 Å². The molecule has 1 aromatic rings. The van der Waals surface area contributed by atoms with E-state index in [9.17, 15) is 0 Å². The van der Waals surface area contributed by atoms with Gasteiger partial charge in [0.15, 0.2) is 0 Å². The van der Waals surface area contributed by atoms with Gasteiger partial charge in [0.2, 0.25) is 0 Å². The van der Waals surface area contributed by atoms with Gasteiger partial charge in [-0.2, -0.15) is 0 Å². The van der Waals surface area contributed by atoms with Gasteiger partial charge in [0.1, 0.15) is 5.84 Å². The molecule has 4 heteroatoms. The van der Waals surface area contributed by atoms with E-state index in [1.807, 2.05) is 19.4 Å².